The van der Waals surface area contributed by atoms with Gasteiger partial charge in [-0.2, -0.15) is 0 Å². The molecule has 1 aromatic rings. The summed E-state index contributed by atoms with van der Waals surface area (Å²) in [6.45, 7) is 2.54. The second kappa shape index (κ2) is 7.20. The molecule has 0 aliphatic carbocycles. The van der Waals surface area contributed by atoms with Crippen molar-refractivity contribution in [2.45, 2.75) is 44.8 Å². The molecular formula is C16H21NO3. The van der Waals surface area contributed by atoms with Gasteiger partial charge in [-0.15, -0.1) is 0 Å². The summed E-state index contributed by atoms with van der Waals surface area (Å²) in [5, 5.41) is 2.84. The van der Waals surface area contributed by atoms with E-state index in [0.29, 0.717) is 12.8 Å². The SMILES string of the molecule is CCC(=O)[C@H](NC(=O)CC1CCCO1)c1ccccc1. The second-order valence-corrected chi connectivity index (χ2v) is 5.07. The van der Waals surface area contributed by atoms with Crippen LogP contribution in [-0.2, 0) is 14.3 Å². The number of hydrogen-bond acceptors (Lipinski definition) is 3. The quantitative estimate of drug-likeness (QED) is 0.867. The van der Waals surface area contributed by atoms with Crippen LogP contribution in [0.3, 0.4) is 0 Å². The summed E-state index contributed by atoms with van der Waals surface area (Å²) < 4.78 is 5.45. The maximum atomic E-state index is 12.1. The van der Waals surface area contributed by atoms with Crippen LogP contribution >= 0.6 is 0 Å². The fraction of sp³-hybridized carbons (Fsp3) is 0.500. The van der Waals surface area contributed by atoms with Crippen LogP contribution in [0.25, 0.3) is 0 Å². The smallest absolute Gasteiger partial charge is 0.223 e. The average Bonchev–Trinajstić information content (AvgIpc) is 2.97. The van der Waals surface area contributed by atoms with E-state index >= 15 is 0 Å². The molecule has 4 heteroatoms. The zero-order valence-corrected chi connectivity index (χ0v) is 11.8. The van der Waals surface area contributed by atoms with Gasteiger partial charge in [0.25, 0.3) is 0 Å². The van der Waals surface area contributed by atoms with Gasteiger partial charge in [0, 0.05) is 13.0 Å². The van der Waals surface area contributed by atoms with Gasteiger partial charge in [0.15, 0.2) is 5.78 Å². The van der Waals surface area contributed by atoms with Gasteiger partial charge in [-0.25, -0.2) is 0 Å². The third kappa shape index (κ3) is 3.90. The number of carbonyl (C=O) groups is 2. The first kappa shape index (κ1) is 14.7. The van der Waals surface area contributed by atoms with Gasteiger partial charge in [-0.05, 0) is 18.4 Å². The van der Waals surface area contributed by atoms with Crippen molar-refractivity contribution < 1.29 is 14.3 Å². The van der Waals surface area contributed by atoms with E-state index in [1.165, 1.54) is 0 Å². The first-order chi connectivity index (χ1) is 9.70. The van der Waals surface area contributed by atoms with Crippen molar-refractivity contribution in [3.8, 4) is 0 Å². The molecule has 1 N–H and O–H groups in total. The van der Waals surface area contributed by atoms with E-state index in [1.807, 2.05) is 37.3 Å². The molecule has 4 nitrogen and oxygen atoms in total. The number of Topliss-reactive ketones (excluding diaryl/α,β-unsaturated/α-hetero) is 1. The molecule has 2 atom stereocenters. The molecule has 20 heavy (non-hydrogen) atoms. The molecule has 0 spiro atoms. The van der Waals surface area contributed by atoms with Crippen LogP contribution in [-0.4, -0.2) is 24.4 Å². The third-order valence-electron chi connectivity index (χ3n) is 3.55. The van der Waals surface area contributed by atoms with E-state index in [-0.39, 0.29) is 17.8 Å². The third-order valence-corrected chi connectivity index (χ3v) is 3.55. The van der Waals surface area contributed by atoms with Crippen molar-refractivity contribution >= 4 is 11.7 Å². The Balaban J connectivity index is 2.00. The van der Waals surface area contributed by atoms with E-state index in [9.17, 15) is 9.59 Å². The monoisotopic (exact) mass is 275 g/mol. The standard InChI is InChI=1S/C16H21NO3/c1-2-14(18)16(12-7-4-3-5-8-12)17-15(19)11-13-9-6-10-20-13/h3-5,7-8,13,16H,2,6,9-11H2,1H3,(H,17,19)/t13?,16-/m1/s1. The molecule has 0 radical (unpaired) electrons. The van der Waals surface area contributed by atoms with E-state index in [2.05, 4.69) is 5.32 Å². The number of benzene rings is 1. The largest absolute Gasteiger partial charge is 0.378 e. The molecule has 1 unspecified atom stereocenters. The summed E-state index contributed by atoms with van der Waals surface area (Å²) in [5.41, 5.74) is 0.833. The van der Waals surface area contributed by atoms with E-state index in [0.717, 1.165) is 25.0 Å². The Hall–Kier alpha value is -1.68. The molecule has 0 aromatic heterocycles. The summed E-state index contributed by atoms with van der Waals surface area (Å²) in [5.74, 6) is -0.0931. The zero-order valence-electron chi connectivity index (χ0n) is 11.8. The van der Waals surface area contributed by atoms with Crippen molar-refractivity contribution in [3.63, 3.8) is 0 Å². The fourth-order valence-corrected chi connectivity index (χ4v) is 2.43. The Morgan fingerprint density at radius 2 is 2.10 bits per heavy atom. The summed E-state index contributed by atoms with van der Waals surface area (Å²) >= 11 is 0. The topological polar surface area (TPSA) is 55.4 Å². The molecule has 1 amide bonds. The fourth-order valence-electron chi connectivity index (χ4n) is 2.43. The first-order valence-electron chi connectivity index (χ1n) is 7.19. The van der Waals surface area contributed by atoms with Crippen LogP contribution < -0.4 is 5.32 Å². The number of ketones is 1. The van der Waals surface area contributed by atoms with Gasteiger partial charge in [0.05, 0.1) is 12.5 Å². The van der Waals surface area contributed by atoms with E-state index < -0.39 is 6.04 Å². The Kier molecular flexibility index (Phi) is 5.30. The highest BCUT2D eigenvalue weighted by atomic mass is 16.5. The minimum atomic E-state index is -0.546. The lowest BCUT2D eigenvalue weighted by Crippen LogP contribution is -2.35. The van der Waals surface area contributed by atoms with Crippen LogP contribution in [0, 0.1) is 0 Å². The van der Waals surface area contributed by atoms with Gasteiger partial charge >= 0.3 is 0 Å². The van der Waals surface area contributed by atoms with Gasteiger partial charge in [0.2, 0.25) is 5.91 Å². The summed E-state index contributed by atoms with van der Waals surface area (Å²) in [6, 6.07) is 8.82. The minimum absolute atomic E-state index is 0.00292. The number of ether oxygens (including phenoxy) is 1. The number of hydrogen-bond donors (Lipinski definition) is 1. The highest BCUT2D eigenvalue weighted by molar-refractivity contribution is 5.90. The highest BCUT2D eigenvalue weighted by Crippen LogP contribution is 2.18. The van der Waals surface area contributed by atoms with Crippen LogP contribution in [0.15, 0.2) is 30.3 Å². The molecule has 1 saturated heterocycles. The summed E-state index contributed by atoms with van der Waals surface area (Å²) in [6.07, 6.45) is 2.67. The van der Waals surface area contributed by atoms with E-state index in [1.54, 1.807) is 0 Å². The van der Waals surface area contributed by atoms with Gasteiger partial charge in [-0.3, -0.25) is 9.59 Å². The molecule has 1 aliphatic rings. The van der Waals surface area contributed by atoms with Crippen molar-refractivity contribution in [2.75, 3.05) is 6.61 Å². The zero-order chi connectivity index (χ0) is 14.4. The van der Waals surface area contributed by atoms with Gasteiger partial charge in [0.1, 0.15) is 6.04 Å². The van der Waals surface area contributed by atoms with Gasteiger partial charge in [-0.1, -0.05) is 37.3 Å². The van der Waals surface area contributed by atoms with Crippen molar-refractivity contribution in [3.05, 3.63) is 35.9 Å². The lowest BCUT2D eigenvalue weighted by atomic mass is 10.0. The minimum Gasteiger partial charge on any atom is -0.378 e. The maximum absolute atomic E-state index is 12.1. The molecular weight excluding hydrogens is 254 g/mol. The normalized spacial score (nSPS) is 19.6. The number of rotatable bonds is 6. The Labute approximate surface area is 119 Å². The number of carbonyl (C=O) groups excluding carboxylic acids is 2. The molecule has 2 rings (SSSR count). The molecule has 0 saturated carbocycles. The van der Waals surface area contributed by atoms with Crippen LogP contribution in [0.1, 0.15) is 44.2 Å². The van der Waals surface area contributed by atoms with Crippen LogP contribution in [0.4, 0.5) is 0 Å². The Bertz CT molecular complexity index is 452. The van der Waals surface area contributed by atoms with Crippen molar-refractivity contribution in [1.82, 2.24) is 5.32 Å². The van der Waals surface area contributed by atoms with Gasteiger partial charge < -0.3 is 10.1 Å². The molecule has 1 aliphatic heterocycles. The average molecular weight is 275 g/mol. The predicted octanol–water partition coefficient (Wildman–Crippen LogP) is 2.39. The molecule has 1 fully saturated rings. The van der Waals surface area contributed by atoms with E-state index in [4.69, 9.17) is 4.74 Å². The first-order valence-corrected chi connectivity index (χ1v) is 7.19. The summed E-state index contributed by atoms with van der Waals surface area (Å²) in [4.78, 5) is 24.1. The van der Waals surface area contributed by atoms with Crippen LogP contribution in [0.5, 0.6) is 0 Å². The highest BCUT2D eigenvalue weighted by Gasteiger charge is 2.24. The number of nitrogens with one attached hydrogen (secondary N) is 1. The summed E-state index contributed by atoms with van der Waals surface area (Å²) in [7, 11) is 0. The second-order valence-electron chi connectivity index (χ2n) is 5.07. The molecule has 1 aromatic carbocycles. The predicted molar refractivity (Wildman–Crippen MR) is 76.2 cm³/mol. The lowest BCUT2D eigenvalue weighted by molar-refractivity contribution is -0.129. The number of amides is 1. The Morgan fingerprint density at radius 3 is 2.70 bits per heavy atom. The molecule has 0 bridgehead atoms. The molecule has 108 valence electrons. The van der Waals surface area contributed by atoms with Crippen molar-refractivity contribution in [1.29, 1.82) is 0 Å². The van der Waals surface area contributed by atoms with Crippen LogP contribution in [0.2, 0.25) is 0 Å². The Morgan fingerprint density at radius 1 is 1.35 bits per heavy atom. The molecule has 1 heterocycles. The maximum Gasteiger partial charge on any atom is 0.223 e. The van der Waals surface area contributed by atoms with Crippen molar-refractivity contribution in [2.24, 2.45) is 0 Å². The lowest BCUT2D eigenvalue weighted by Gasteiger charge is -2.18.